The summed E-state index contributed by atoms with van der Waals surface area (Å²) in [5, 5.41) is 9.97. The maximum absolute atomic E-state index is 11.4. The monoisotopic (exact) mass is 504 g/mol. The van der Waals surface area contributed by atoms with Gasteiger partial charge in [-0.25, -0.2) is 9.97 Å². The van der Waals surface area contributed by atoms with Crippen molar-refractivity contribution in [1.82, 2.24) is 9.97 Å². The van der Waals surface area contributed by atoms with Gasteiger partial charge in [0.2, 0.25) is 5.88 Å². The van der Waals surface area contributed by atoms with Crippen molar-refractivity contribution in [2.45, 2.75) is 44.9 Å². The third-order valence-corrected chi connectivity index (χ3v) is 7.44. The number of nitrogens with zero attached hydrogens (tertiary/aromatic N) is 4. The van der Waals surface area contributed by atoms with Crippen molar-refractivity contribution < 1.29 is 24.1 Å². The quantitative estimate of drug-likeness (QED) is 0.576. The molecule has 0 bridgehead atoms. The standard InChI is InChI=1S/C25H33ClN4O5/c1-15-13-29(20-9-24(34-4)28-12-18(20)26)8-7-21(15)35-17-5-6-23(27-11-17)30-14-22(33-3)16(2)19(30)10-25(31)32/h5-6,9,11-12,15-16,19,21-22H,7-8,10,13-14H2,1-4H3,(H,31,32). The molecule has 2 saturated heterocycles. The Bertz CT molecular complexity index is 1020. The van der Waals surface area contributed by atoms with Crippen LogP contribution in [-0.4, -0.2) is 73.1 Å². The Balaban J connectivity index is 1.40. The average molecular weight is 505 g/mol. The van der Waals surface area contributed by atoms with E-state index in [4.69, 9.17) is 25.8 Å². The topological polar surface area (TPSA) is 97.2 Å². The molecule has 0 amide bonds. The SMILES string of the molecule is COc1cc(N2CCC(Oc3ccc(N4CC(OC)C(C)C4CC(=O)O)nc3)C(C)C2)c(Cl)cn1. The molecule has 2 aromatic heterocycles. The molecule has 9 nitrogen and oxygen atoms in total. The van der Waals surface area contributed by atoms with Gasteiger partial charge >= 0.3 is 5.97 Å². The minimum absolute atomic E-state index is 0.0306. The van der Waals surface area contributed by atoms with Gasteiger partial charge < -0.3 is 29.1 Å². The van der Waals surface area contributed by atoms with Gasteiger partial charge in [0.25, 0.3) is 0 Å². The van der Waals surface area contributed by atoms with Gasteiger partial charge in [-0.2, -0.15) is 0 Å². The Morgan fingerprint density at radius 2 is 1.97 bits per heavy atom. The molecule has 2 fully saturated rings. The molecule has 2 aromatic rings. The molecule has 1 N–H and O–H groups in total. The summed E-state index contributed by atoms with van der Waals surface area (Å²) in [6.07, 6.45) is 4.24. The van der Waals surface area contributed by atoms with E-state index in [0.29, 0.717) is 23.2 Å². The molecule has 2 aliphatic rings. The van der Waals surface area contributed by atoms with Crippen LogP contribution in [0.1, 0.15) is 26.7 Å². The van der Waals surface area contributed by atoms with Crippen molar-refractivity contribution in [3.8, 4) is 11.6 Å². The Morgan fingerprint density at radius 1 is 1.17 bits per heavy atom. The molecule has 4 rings (SSSR count). The second-order valence-corrected chi connectivity index (χ2v) is 9.76. The van der Waals surface area contributed by atoms with E-state index >= 15 is 0 Å². The van der Waals surface area contributed by atoms with Crippen LogP contribution in [0.25, 0.3) is 0 Å². The van der Waals surface area contributed by atoms with E-state index in [1.807, 2.05) is 30.0 Å². The minimum Gasteiger partial charge on any atom is -0.488 e. The normalized spacial score (nSPS) is 26.6. The number of methoxy groups -OCH3 is 2. The lowest BCUT2D eigenvalue weighted by molar-refractivity contribution is -0.137. The first-order valence-corrected chi connectivity index (χ1v) is 12.3. The Hall–Kier alpha value is -2.78. The van der Waals surface area contributed by atoms with Crippen molar-refractivity contribution in [1.29, 1.82) is 0 Å². The first-order valence-electron chi connectivity index (χ1n) is 11.9. The minimum atomic E-state index is -0.824. The summed E-state index contributed by atoms with van der Waals surface area (Å²) in [5.74, 6) is 1.51. The zero-order valence-corrected chi connectivity index (χ0v) is 21.3. The zero-order valence-electron chi connectivity index (χ0n) is 20.6. The van der Waals surface area contributed by atoms with Crippen LogP contribution in [0.4, 0.5) is 11.5 Å². The molecule has 4 heterocycles. The van der Waals surface area contributed by atoms with Crippen molar-refractivity contribution in [2.75, 3.05) is 43.7 Å². The third kappa shape index (κ3) is 5.56. The number of aromatic nitrogens is 2. The molecule has 0 aromatic carbocycles. The molecular formula is C25H33ClN4O5. The number of rotatable bonds is 8. The lowest BCUT2D eigenvalue weighted by Gasteiger charge is -2.38. The summed E-state index contributed by atoms with van der Waals surface area (Å²) < 4.78 is 17.1. The fourth-order valence-corrected chi connectivity index (χ4v) is 5.35. The summed E-state index contributed by atoms with van der Waals surface area (Å²) >= 11 is 6.39. The highest BCUT2D eigenvalue weighted by atomic mass is 35.5. The highest BCUT2D eigenvalue weighted by molar-refractivity contribution is 6.33. The molecule has 0 radical (unpaired) electrons. The molecule has 0 spiro atoms. The Morgan fingerprint density at radius 3 is 2.60 bits per heavy atom. The van der Waals surface area contributed by atoms with Crippen LogP contribution in [0.3, 0.4) is 0 Å². The molecule has 5 atom stereocenters. The number of piperidine rings is 1. The first-order chi connectivity index (χ1) is 16.8. The lowest BCUT2D eigenvalue weighted by atomic mass is 9.96. The molecular weight excluding hydrogens is 472 g/mol. The number of hydrogen-bond donors (Lipinski definition) is 1. The van der Waals surface area contributed by atoms with Crippen LogP contribution >= 0.6 is 11.6 Å². The fraction of sp³-hybridized carbons (Fsp3) is 0.560. The van der Waals surface area contributed by atoms with Crippen LogP contribution < -0.4 is 19.3 Å². The number of pyridine rings is 2. The lowest BCUT2D eigenvalue weighted by Crippen LogP contribution is -2.44. The van der Waals surface area contributed by atoms with E-state index in [1.54, 1.807) is 26.6 Å². The number of ether oxygens (including phenoxy) is 3. The van der Waals surface area contributed by atoms with Gasteiger partial charge in [0, 0.05) is 57.1 Å². The second-order valence-electron chi connectivity index (χ2n) is 9.35. The molecule has 10 heteroatoms. The van der Waals surface area contributed by atoms with Crippen LogP contribution in [0.15, 0.2) is 30.6 Å². The maximum Gasteiger partial charge on any atom is 0.305 e. The molecule has 0 aliphatic carbocycles. The average Bonchev–Trinajstić information content (AvgIpc) is 3.16. The second kappa shape index (κ2) is 10.9. The summed E-state index contributed by atoms with van der Waals surface area (Å²) in [5.41, 5.74) is 0.917. The van der Waals surface area contributed by atoms with Crippen molar-refractivity contribution in [3.05, 3.63) is 35.6 Å². The summed E-state index contributed by atoms with van der Waals surface area (Å²) in [6.45, 7) is 6.40. The number of carbonyl (C=O) groups is 1. The van der Waals surface area contributed by atoms with Gasteiger partial charge in [-0.3, -0.25) is 4.79 Å². The number of aliphatic carboxylic acids is 1. The van der Waals surface area contributed by atoms with Crippen molar-refractivity contribution >= 4 is 29.1 Å². The smallest absolute Gasteiger partial charge is 0.305 e. The van der Waals surface area contributed by atoms with Crippen LogP contribution in [-0.2, 0) is 9.53 Å². The molecule has 190 valence electrons. The van der Waals surface area contributed by atoms with E-state index in [1.165, 1.54) is 0 Å². The van der Waals surface area contributed by atoms with Gasteiger partial charge in [-0.05, 0) is 12.1 Å². The number of carboxylic acid groups (broad SMARTS) is 1. The number of hydrogen-bond acceptors (Lipinski definition) is 8. The maximum atomic E-state index is 11.4. The Kier molecular flexibility index (Phi) is 7.86. The van der Waals surface area contributed by atoms with Crippen molar-refractivity contribution in [2.24, 2.45) is 11.8 Å². The van der Waals surface area contributed by atoms with E-state index in [0.717, 1.165) is 31.0 Å². The van der Waals surface area contributed by atoms with E-state index in [-0.39, 0.29) is 36.5 Å². The molecule has 0 saturated carbocycles. The number of halogens is 1. The van der Waals surface area contributed by atoms with E-state index in [2.05, 4.69) is 21.8 Å². The summed E-state index contributed by atoms with van der Waals surface area (Å²) in [7, 11) is 3.26. The van der Waals surface area contributed by atoms with Gasteiger partial charge in [-0.15, -0.1) is 0 Å². The van der Waals surface area contributed by atoms with Gasteiger partial charge in [-0.1, -0.05) is 25.4 Å². The number of anilines is 2. The third-order valence-electron chi connectivity index (χ3n) is 7.15. The largest absolute Gasteiger partial charge is 0.488 e. The predicted molar refractivity (Wildman–Crippen MR) is 134 cm³/mol. The highest BCUT2D eigenvalue weighted by Crippen LogP contribution is 2.35. The van der Waals surface area contributed by atoms with E-state index < -0.39 is 5.97 Å². The number of carboxylic acids is 1. The summed E-state index contributed by atoms with van der Waals surface area (Å²) in [4.78, 5) is 24.5. The van der Waals surface area contributed by atoms with Crippen LogP contribution in [0, 0.1) is 11.8 Å². The fourth-order valence-electron chi connectivity index (χ4n) is 5.12. The predicted octanol–water partition coefficient (Wildman–Crippen LogP) is 3.75. The zero-order chi connectivity index (χ0) is 25.1. The summed E-state index contributed by atoms with van der Waals surface area (Å²) in [6, 6.07) is 5.51. The molecule has 5 unspecified atom stereocenters. The van der Waals surface area contributed by atoms with E-state index in [9.17, 15) is 9.90 Å². The Labute approximate surface area is 211 Å². The molecule has 2 aliphatic heterocycles. The van der Waals surface area contributed by atoms with Crippen molar-refractivity contribution in [3.63, 3.8) is 0 Å². The first kappa shape index (κ1) is 25.3. The van der Waals surface area contributed by atoms with Gasteiger partial charge in [0.1, 0.15) is 17.7 Å². The highest BCUT2D eigenvalue weighted by Gasteiger charge is 2.41. The van der Waals surface area contributed by atoms with Crippen LogP contribution in [0.5, 0.6) is 11.6 Å². The van der Waals surface area contributed by atoms with Crippen LogP contribution in [0.2, 0.25) is 5.02 Å². The van der Waals surface area contributed by atoms with Gasteiger partial charge in [0.15, 0.2) is 0 Å². The van der Waals surface area contributed by atoms with Gasteiger partial charge in [0.05, 0.1) is 42.7 Å². The molecule has 35 heavy (non-hydrogen) atoms.